The average molecular weight is 377 g/mol. The molecular weight excluding hydrogens is 366 g/mol. The van der Waals surface area contributed by atoms with Crippen LogP contribution in [0.3, 0.4) is 0 Å². The van der Waals surface area contributed by atoms with Crippen LogP contribution in [0.5, 0.6) is 0 Å². The van der Waals surface area contributed by atoms with Crippen molar-refractivity contribution >= 4 is 49.4 Å². The van der Waals surface area contributed by atoms with Crippen molar-refractivity contribution in [2.45, 2.75) is 18.2 Å². The van der Waals surface area contributed by atoms with Gasteiger partial charge in [0.2, 0.25) is 5.91 Å². The van der Waals surface area contributed by atoms with Crippen LogP contribution in [0.1, 0.15) is 22.3 Å². The molecule has 1 aromatic rings. The van der Waals surface area contributed by atoms with Gasteiger partial charge in [0, 0.05) is 22.3 Å². The van der Waals surface area contributed by atoms with E-state index in [1.807, 2.05) is 13.0 Å². The van der Waals surface area contributed by atoms with Crippen LogP contribution in [0.15, 0.2) is 16.6 Å². The van der Waals surface area contributed by atoms with Gasteiger partial charge in [-0.15, -0.1) is 0 Å². The molecule has 0 radical (unpaired) electrons. The maximum atomic E-state index is 11.9. The summed E-state index contributed by atoms with van der Waals surface area (Å²) in [5, 5.41) is 9.26. The Morgan fingerprint density at radius 3 is 2.67 bits per heavy atom. The second kappa shape index (κ2) is 5.01. The van der Waals surface area contributed by atoms with Gasteiger partial charge in [-0.05, 0) is 40.5 Å². The van der Waals surface area contributed by atoms with E-state index in [0.717, 1.165) is 5.56 Å². The van der Waals surface area contributed by atoms with Crippen LogP contribution in [-0.2, 0) is 4.79 Å². The second-order valence-corrected chi connectivity index (χ2v) is 6.40. The average Bonchev–Trinajstić information content (AvgIpc) is 2.56. The highest BCUT2D eigenvalue weighted by Gasteiger charge is 2.32. The van der Waals surface area contributed by atoms with Crippen LogP contribution in [-0.4, -0.2) is 28.4 Å². The summed E-state index contributed by atoms with van der Waals surface area (Å²) < 4.78 is 0.634. The number of halogens is 2. The number of amides is 1. The fourth-order valence-corrected chi connectivity index (χ4v) is 3.41. The molecule has 96 valence electrons. The van der Waals surface area contributed by atoms with E-state index in [2.05, 4.69) is 31.9 Å². The topological polar surface area (TPSA) is 57.6 Å². The maximum Gasteiger partial charge on any atom is 0.337 e. The van der Waals surface area contributed by atoms with Crippen molar-refractivity contribution in [1.82, 2.24) is 0 Å². The van der Waals surface area contributed by atoms with Gasteiger partial charge in [0.05, 0.1) is 11.3 Å². The Bertz CT molecular complexity index is 530. The van der Waals surface area contributed by atoms with E-state index in [1.165, 1.54) is 4.90 Å². The maximum absolute atomic E-state index is 11.9. The molecule has 0 bridgehead atoms. The van der Waals surface area contributed by atoms with Crippen LogP contribution in [0, 0.1) is 6.92 Å². The Morgan fingerprint density at radius 2 is 2.17 bits per heavy atom. The zero-order valence-corrected chi connectivity index (χ0v) is 12.8. The number of hydrogen-bond acceptors (Lipinski definition) is 2. The summed E-state index contributed by atoms with van der Waals surface area (Å²) in [4.78, 5) is 24.8. The summed E-state index contributed by atoms with van der Waals surface area (Å²) in [6.07, 6.45) is 0.388. The summed E-state index contributed by atoms with van der Waals surface area (Å²) in [5.41, 5.74) is 1.43. The SMILES string of the molecule is Cc1cc(Br)c(N2CC(Br)CC2=O)c(C(=O)O)c1. The van der Waals surface area contributed by atoms with E-state index >= 15 is 0 Å². The molecule has 1 amide bonds. The lowest BCUT2D eigenvalue weighted by Gasteiger charge is -2.20. The number of alkyl halides is 1. The fraction of sp³-hybridized carbons (Fsp3) is 0.333. The summed E-state index contributed by atoms with van der Waals surface area (Å²) in [5.74, 6) is -1.09. The molecule has 1 saturated heterocycles. The molecule has 18 heavy (non-hydrogen) atoms. The van der Waals surface area contributed by atoms with Gasteiger partial charge >= 0.3 is 5.97 Å². The van der Waals surface area contributed by atoms with Gasteiger partial charge in [-0.3, -0.25) is 4.79 Å². The lowest BCUT2D eigenvalue weighted by Crippen LogP contribution is -2.27. The van der Waals surface area contributed by atoms with E-state index in [-0.39, 0.29) is 16.3 Å². The second-order valence-electron chi connectivity index (χ2n) is 4.25. The van der Waals surface area contributed by atoms with Crippen molar-refractivity contribution in [3.05, 3.63) is 27.7 Å². The fourth-order valence-electron chi connectivity index (χ4n) is 2.05. The highest BCUT2D eigenvalue weighted by atomic mass is 79.9. The Morgan fingerprint density at radius 1 is 1.50 bits per heavy atom. The number of carbonyl (C=O) groups is 2. The molecule has 1 fully saturated rings. The lowest BCUT2D eigenvalue weighted by atomic mass is 10.1. The first-order valence-corrected chi connectivity index (χ1v) is 7.09. The van der Waals surface area contributed by atoms with Crippen LogP contribution in [0.2, 0.25) is 0 Å². The number of rotatable bonds is 2. The first kappa shape index (κ1) is 13.5. The summed E-state index contributed by atoms with van der Waals surface area (Å²) in [7, 11) is 0. The predicted molar refractivity (Wildman–Crippen MR) is 75.5 cm³/mol. The molecule has 1 heterocycles. The van der Waals surface area contributed by atoms with Crippen molar-refractivity contribution in [3.8, 4) is 0 Å². The Hall–Kier alpha value is -0.880. The molecule has 0 aromatic heterocycles. The standard InChI is InChI=1S/C12H11Br2NO3/c1-6-2-8(12(17)18)11(9(14)3-6)15-5-7(13)4-10(15)16/h2-3,7H,4-5H2,1H3,(H,17,18). The Labute approximate surface area is 121 Å². The first-order valence-electron chi connectivity index (χ1n) is 5.38. The van der Waals surface area contributed by atoms with Gasteiger partial charge in [0.25, 0.3) is 0 Å². The number of aryl methyl sites for hydroxylation is 1. The number of nitrogens with zero attached hydrogens (tertiary/aromatic N) is 1. The van der Waals surface area contributed by atoms with E-state index in [0.29, 0.717) is 23.1 Å². The molecule has 1 N–H and O–H groups in total. The van der Waals surface area contributed by atoms with E-state index < -0.39 is 5.97 Å². The van der Waals surface area contributed by atoms with Crippen LogP contribution in [0.25, 0.3) is 0 Å². The molecule has 1 aliphatic rings. The van der Waals surface area contributed by atoms with Crippen molar-refractivity contribution in [2.24, 2.45) is 0 Å². The number of carbonyl (C=O) groups excluding carboxylic acids is 1. The highest BCUT2D eigenvalue weighted by Crippen LogP contribution is 2.35. The van der Waals surface area contributed by atoms with Gasteiger partial charge in [-0.25, -0.2) is 4.79 Å². The number of anilines is 1. The Kier molecular flexibility index (Phi) is 3.77. The van der Waals surface area contributed by atoms with Crippen molar-refractivity contribution in [2.75, 3.05) is 11.4 Å². The molecule has 0 spiro atoms. The third-order valence-corrected chi connectivity index (χ3v) is 4.00. The van der Waals surface area contributed by atoms with E-state index in [9.17, 15) is 14.7 Å². The van der Waals surface area contributed by atoms with E-state index in [1.54, 1.807) is 6.07 Å². The van der Waals surface area contributed by atoms with Gasteiger partial charge < -0.3 is 10.0 Å². The predicted octanol–water partition coefficient (Wildman–Crippen LogP) is 2.96. The summed E-state index contributed by atoms with van der Waals surface area (Å²) in [6.45, 7) is 2.31. The van der Waals surface area contributed by atoms with Gasteiger partial charge in [-0.1, -0.05) is 15.9 Å². The van der Waals surface area contributed by atoms with Crippen molar-refractivity contribution < 1.29 is 14.7 Å². The summed E-state index contributed by atoms with van der Waals surface area (Å²) >= 11 is 6.74. The minimum absolute atomic E-state index is 0.0658. The van der Waals surface area contributed by atoms with Crippen LogP contribution < -0.4 is 4.90 Å². The smallest absolute Gasteiger partial charge is 0.337 e. The highest BCUT2D eigenvalue weighted by molar-refractivity contribution is 9.10. The van der Waals surface area contributed by atoms with Gasteiger partial charge in [0.15, 0.2) is 0 Å². The minimum atomic E-state index is -1.03. The molecule has 4 nitrogen and oxygen atoms in total. The molecule has 1 aromatic carbocycles. The number of hydrogen-bond donors (Lipinski definition) is 1. The third kappa shape index (κ3) is 2.44. The molecule has 0 aliphatic carbocycles. The molecule has 2 rings (SSSR count). The molecule has 1 aliphatic heterocycles. The van der Waals surface area contributed by atoms with Gasteiger partial charge in [0.1, 0.15) is 0 Å². The van der Waals surface area contributed by atoms with Crippen molar-refractivity contribution in [1.29, 1.82) is 0 Å². The van der Waals surface area contributed by atoms with Gasteiger partial charge in [-0.2, -0.15) is 0 Å². The zero-order chi connectivity index (χ0) is 13.4. The number of benzene rings is 1. The minimum Gasteiger partial charge on any atom is -0.478 e. The van der Waals surface area contributed by atoms with E-state index in [4.69, 9.17) is 0 Å². The number of carboxylic acids is 1. The largest absolute Gasteiger partial charge is 0.478 e. The lowest BCUT2D eigenvalue weighted by molar-refractivity contribution is -0.117. The molecule has 6 heteroatoms. The monoisotopic (exact) mass is 375 g/mol. The normalized spacial score (nSPS) is 19.4. The third-order valence-electron chi connectivity index (χ3n) is 2.79. The molecule has 1 unspecified atom stereocenters. The zero-order valence-electron chi connectivity index (χ0n) is 9.61. The molecule has 0 saturated carbocycles. The molecular formula is C12H11Br2NO3. The summed E-state index contributed by atoms with van der Waals surface area (Å²) in [6, 6.07) is 3.40. The first-order chi connectivity index (χ1) is 8.40. The number of carboxylic acid groups (broad SMARTS) is 1. The van der Waals surface area contributed by atoms with Crippen molar-refractivity contribution in [3.63, 3.8) is 0 Å². The number of aromatic carboxylic acids is 1. The van der Waals surface area contributed by atoms with Crippen LogP contribution >= 0.6 is 31.9 Å². The van der Waals surface area contributed by atoms with Crippen LogP contribution in [0.4, 0.5) is 5.69 Å². The molecule has 1 atom stereocenters. The Balaban J connectivity index is 2.56. The quantitative estimate of drug-likeness (QED) is 0.807.